The maximum absolute atomic E-state index is 13.2. The van der Waals surface area contributed by atoms with Crippen molar-refractivity contribution in [2.45, 2.75) is 44.6 Å². The zero-order valence-electron chi connectivity index (χ0n) is 16.3. The van der Waals surface area contributed by atoms with E-state index in [1.165, 1.54) is 10.5 Å². The van der Waals surface area contributed by atoms with Crippen molar-refractivity contribution in [2.75, 3.05) is 7.05 Å². The third kappa shape index (κ3) is 3.50. The Bertz CT molecular complexity index is 901. The zero-order chi connectivity index (χ0) is 20.0. The molecule has 1 aromatic heterocycles. The number of hydrogen-bond acceptors (Lipinski definition) is 4. The fourth-order valence-corrected chi connectivity index (χ4v) is 3.88. The summed E-state index contributed by atoms with van der Waals surface area (Å²) >= 11 is 3.42. The lowest BCUT2D eigenvalue weighted by Gasteiger charge is -2.41. The molecule has 1 aliphatic rings. The van der Waals surface area contributed by atoms with Gasteiger partial charge < -0.3 is 5.73 Å². The van der Waals surface area contributed by atoms with Gasteiger partial charge in [0.15, 0.2) is 5.96 Å². The van der Waals surface area contributed by atoms with Crippen LogP contribution in [-0.2, 0) is 15.7 Å². The van der Waals surface area contributed by atoms with Crippen LogP contribution < -0.4 is 5.73 Å². The molecular formula is C21H25BrN4O. The highest BCUT2D eigenvalue weighted by atomic mass is 79.9. The van der Waals surface area contributed by atoms with Crippen molar-refractivity contribution in [3.8, 4) is 0 Å². The molecular weight excluding hydrogens is 404 g/mol. The lowest BCUT2D eigenvalue weighted by atomic mass is 9.74. The van der Waals surface area contributed by atoms with Gasteiger partial charge in [-0.3, -0.25) is 9.69 Å². The van der Waals surface area contributed by atoms with E-state index in [0.717, 1.165) is 11.1 Å². The molecule has 6 heteroatoms. The summed E-state index contributed by atoms with van der Waals surface area (Å²) in [4.78, 5) is 23.6. The fourth-order valence-electron chi connectivity index (χ4n) is 3.52. The molecule has 0 fully saturated rings. The number of carbonyl (C=O) groups excluding carboxylic acids is 1. The monoisotopic (exact) mass is 428 g/mol. The average Bonchev–Trinajstić information content (AvgIpc) is 2.59. The number of halogens is 1. The summed E-state index contributed by atoms with van der Waals surface area (Å²) in [7, 11) is 1.67. The Morgan fingerprint density at radius 2 is 1.81 bits per heavy atom. The molecule has 3 rings (SSSR count). The minimum absolute atomic E-state index is 0.0493. The number of aromatic nitrogens is 1. The Morgan fingerprint density at radius 3 is 2.37 bits per heavy atom. The highest BCUT2D eigenvalue weighted by molar-refractivity contribution is 9.10. The molecule has 1 aromatic carbocycles. The number of aliphatic imine (C=N–C) groups is 1. The van der Waals surface area contributed by atoms with Crippen molar-refractivity contribution in [1.82, 2.24) is 9.88 Å². The molecule has 0 radical (unpaired) electrons. The summed E-state index contributed by atoms with van der Waals surface area (Å²) in [5.74, 6) is -0.322. The molecule has 1 amide bonds. The molecule has 5 nitrogen and oxygen atoms in total. The maximum atomic E-state index is 13.2. The summed E-state index contributed by atoms with van der Waals surface area (Å²) in [5, 5.41) is 0. The number of guanidine groups is 1. The molecule has 1 aliphatic heterocycles. The third-order valence-corrected chi connectivity index (χ3v) is 5.68. The summed E-state index contributed by atoms with van der Waals surface area (Å²) in [5.41, 5.74) is 8.33. The van der Waals surface area contributed by atoms with Crippen LogP contribution in [0, 0.1) is 0 Å². The van der Waals surface area contributed by atoms with Crippen molar-refractivity contribution in [1.29, 1.82) is 0 Å². The summed E-state index contributed by atoms with van der Waals surface area (Å²) < 4.78 is 0.697. The van der Waals surface area contributed by atoms with E-state index in [1.807, 2.05) is 31.2 Å². The minimum Gasteiger partial charge on any atom is -0.369 e. The first-order valence-electron chi connectivity index (χ1n) is 8.89. The van der Waals surface area contributed by atoms with Gasteiger partial charge in [-0.2, -0.15) is 0 Å². The molecule has 2 atom stereocenters. The second kappa shape index (κ2) is 6.75. The van der Waals surface area contributed by atoms with Crippen molar-refractivity contribution in [3.63, 3.8) is 0 Å². The summed E-state index contributed by atoms with van der Waals surface area (Å²) in [6.07, 6.45) is 1.71. The van der Waals surface area contributed by atoms with Gasteiger partial charge >= 0.3 is 0 Å². The first-order valence-corrected chi connectivity index (χ1v) is 9.68. The number of benzene rings is 1. The number of nitrogens with two attached hydrogens (primary N) is 1. The van der Waals surface area contributed by atoms with Crippen LogP contribution in [0.25, 0.3) is 0 Å². The van der Waals surface area contributed by atoms with Crippen LogP contribution in [0.1, 0.15) is 50.3 Å². The van der Waals surface area contributed by atoms with E-state index in [-0.39, 0.29) is 17.3 Å². The number of likely N-dealkylation sites (N-methyl/N-ethyl adjacent to an activating group) is 1. The van der Waals surface area contributed by atoms with E-state index in [0.29, 0.717) is 4.60 Å². The Labute approximate surface area is 168 Å². The topological polar surface area (TPSA) is 71.6 Å². The van der Waals surface area contributed by atoms with E-state index in [4.69, 9.17) is 10.7 Å². The van der Waals surface area contributed by atoms with Crippen LogP contribution in [0.3, 0.4) is 0 Å². The number of pyridine rings is 1. The Morgan fingerprint density at radius 1 is 1.19 bits per heavy atom. The van der Waals surface area contributed by atoms with Gasteiger partial charge in [0.2, 0.25) is 5.91 Å². The van der Waals surface area contributed by atoms with Crippen LogP contribution in [-0.4, -0.2) is 28.8 Å². The predicted molar refractivity (Wildman–Crippen MR) is 112 cm³/mol. The third-order valence-electron chi connectivity index (χ3n) is 5.25. The first kappa shape index (κ1) is 19.5. The molecule has 142 valence electrons. The van der Waals surface area contributed by atoms with Gasteiger partial charge in [0.05, 0.1) is 5.92 Å². The standard InChI is InChI=1S/C21H25BrN4O/c1-20(2,3)14-8-6-13(7-9-14)17-18(27)26(5)19(23)25-21(17,4)15-10-11-24-16(22)12-15/h6-12,17H,1-5H3,(H2,23,25)/t17-,21+/m0/s1. The Hall–Kier alpha value is -2.21. The van der Waals surface area contributed by atoms with E-state index in [1.54, 1.807) is 13.2 Å². The molecule has 0 spiro atoms. The molecule has 2 heterocycles. The van der Waals surface area contributed by atoms with Crippen LogP contribution in [0.4, 0.5) is 0 Å². The fraction of sp³-hybridized carbons (Fsp3) is 0.381. The lowest BCUT2D eigenvalue weighted by molar-refractivity contribution is -0.130. The van der Waals surface area contributed by atoms with Gasteiger partial charge in [-0.15, -0.1) is 0 Å². The molecule has 0 saturated carbocycles. The van der Waals surface area contributed by atoms with Gasteiger partial charge in [-0.05, 0) is 57.1 Å². The Balaban J connectivity index is 2.16. The lowest BCUT2D eigenvalue weighted by Crippen LogP contribution is -2.52. The normalized spacial score (nSPS) is 23.3. The second-order valence-corrected chi connectivity index (χ2v) is 9.00. The van der Waals surface area contributed by atoms with Gasteiger partial charge in [0, 0.05) is 13.2 Å². The van der Waals surface area contributed by atoms with Crippen LogP contribution in [0.2, 0.25) is 0 Å². The zero-order valence-corrected chi connectivity index (χ0v) is 17.9. The van der Waals surface area contributed by atoms with E-state index >= 15 is 0 Å². The van der Waals surface area contributed by atoms with Crippen molar-refractivity contribution in [3.05, 3.63) is 63.9 Å². The molecule has 0 unspecified atom stereocenters. The molecule has 0 aliphatic carbocycles. The maximum Gasteiger partial charge on any atom is 0.239 e. The molecule has 0 bridgehead atoms. The molecule has 0 saturated heterocycles. The summed E-state index contributed by atoms with van der Waals surface area (Å²) in [6.45, 7) is 8.47. The smallest absolute Gasteiger partial charge is 0.239 e. The van der Waals surface area contributed by atoms with Crippen LogP contribution in [0.15, 0.2) is 52.2 Å². The predicted octanol–water partition coefficient (Wildman–Crippen LogP) is 3.93. The number of rotatable bonds is 2. The van der Waals surface area contributed by atoms with Crippen molar-refractivity contribution in [2.24, 2.45) is 10.7 Å². The largest absolute Gasteiger partial charge is 0.369 e. The van der Waals surface area contributed by atoms with Crippen LogP contribution in [0.5, 0.6) is 0 Å². The van der Waals surface area contributed by atoms with Gasteiger partial charge in [-0.1, -0.05) is 45.0 Å². The minimum atomic E-state index is -0.817. The molecule has 2 aromatic rings. The average molecular weight is 429 g/mol. The van der Waals surface area contributed by atoms with E-state index in [2.05, 4.69) is 53.8 Å². The number of hydrogen-bond donors (Lipinski definition) is 1. The van der Waals surface area contributed by atoms with Crippen molar-refractivity contribution >= 4 is 27.8 Å². The van der Waals surface area contributed by atoms with Gasteiger partial charge in [-0.25, -0.2) is 9.98 Å². The highest BCUT2D eigenvalue weighted by Crippen LogP contribution is 2.44. The quantitative estimate of drug-likeness (QED) is 0.736. The number of amides is 1. The van der Waals surface area contributed by atoms with E-state index in [9.17, 15) is 4.79 Å². The van der Waals surface area contributed by atoms with Crippen LogP contribution >= 0.6 is 15.9 Å². The number of carbonyl (C=O) groups is 1. The number of nitrogens with zero attached hydrogens (tertiary/aromatic N) is 3. The van der Waals surface area contributed by atoms with Crippen molar-refractivity contribution < 1.29 is 4.79 Å². The SMILES string of the molecule is CN1C(=O)[C@H](c2ccc(C(C)(C)C)cc2)[C@@](C)(c2ccnc(Br)c2)N=C1N. The van der Waals surface area contributed by atoms with E-state index < -0.39 is 11.5 Å². The molecule has 2 N–H and O–H groups in total. The van der Waals surface area contributed by atoms with Gasteiger partial charge in [0.1, 0.15) is 10.1 Å². The Kier molecular flexibility index (Phi) is 4.89. The summed E-state index contributed by atoms with van der Waals surface area (Å²) in [6, 6.07) is 12.0. The second-order valence-electron chi connectivity index (χ2n) is 8.19. The van der Waals surface area contributed by atoms with Gasteiger partial charge in [0.25, 0.3) is 0 Å². The highest BCUT2D eigenvalue weighted by Gasteiger charge is 2.47. The first-order chi connectivity index (χ1) is 12.5. The molecule has 27 heavy (non-hydrogen) atoms.